The topological polar surface area (TPSA) is 149 Å². The van der Waals surface area contributed by atoms with Crippen molar-refractivity contribution in [3.8, 4) is 16.9 Å². The van der Waals surface area contributed by atoms with Gasteiger partial charge in [0.05, 0.1) is 18.4 Å². The normalized spacial score (nSPS) is 11.0. The predicted octanol–water partition coefficient (Wildman–Crippen LogP) is 1.28. The molecule has 0 aromatic heterocycles. The molecule has 0 aliphatic carbocycles. The number of carbonyl (C=O) groups is 1. The van der Waals surface area contributed by atoms with Gasteiger partial charge >= 0.3 is 5.97 Å². The first-order chi connectivity index (χ1) is 11.4. The molecule has 0 atom stereocenters. The van der Waals surface area contributed by atoms with Crippen LogP contribution in [-0.4, -0.2) is 30.1 Å². The zero-order valence-corrected chi connectivity index (χ0v) is 12.9. The summed E-state index contributed by atoms with van der Waals surface area (Å²) >= 11 is 0. The van der Waals surface area contributed by atoms with Crippen molar-refractivity contribution in [3.63, 3.8) is 0 Å². The Hall–Kier alpha value is -3.55. The number of rotatable bonds is 4. The molecule has 0 heterocycles. The number of carboxylic acids is 1. The van der Waals surface area contributed by atoms with Crippen LogP contribution in [0.25, 0.3) is 11.1 Å². The molecular weight excluding hydrogens is 310 g/mol. The second-order valence-electron chi connectivity index (χ2n) is 4.74. The van der Waals surface area contributed by atoms with Gasteiger partial charge in [0.1, 0.15) is 5.75 Å². The summed E-state index contributed by atoms with van der Waals surface area (Å²) in [5, 5.41) is 9.46. The molecule has 7 N–H and O–H groups in total. The fourth-order valence-corrected chi connectivity index (χ4v) is 2.15. The number of benzene rings is 2. The average Bonchev–Trinajstić information content (AvgIpc) is 2.54. The molecule has 0 saturated carbocycles. The quantitative estimate of drug-likeness (QED) is 0.491. The van der Waals surface area contributed by atoms with Gasteiger partial charge < -0.3 is 27.0 Å². The van der Waals surface area contributed by atoms with Crippen molar-refractivity contribution >= 4 is 23.6 Å². The third-order valence-corrected chi connectivity index (χ3v) is 3.13. The van der Waals surface area contributed by atoms with Crippen molar-refractivity contribution < 1.29 is 14.6 Å². The van der Waals surface area contributed by atoms with Crippen LogP contribution >= 0.6 is 0 Å². The van der Waals surface area contributed by atoms with E-state index in [1.54, 1.807) is 43.5 Å². The Kier molecular flexibility index (Phi) is 5.00. The van der Waals surface area contributed by atoms with Crippen LogP contribution in [-0.2, 0) is 0 Å². The summed E-state index contributed by atoms with van der Waals surface area (Å²) in [4.78, 5) is 19.3. The predicted molar refractivity (Wildman–Crippen MR) is 92.5 cm³/mol. The molecule has 0 amide bonds. The van der Waals surface area contributed by atoms with Crippen LogP contribution in [0, 0.1) is 0 Å². The Morgan fingerprint density at radius 1 is 1.08 bits per heavy atom. The molecule has 0 fully saturated rings. The van der Waals surface area contributed by atoms with Crippen LogP contribution in [0.15, 0.2) is 52.4 Å². The van der Waals surface area contributed by atoms with Gasteiger partial charge in [0.15, 0.2) is 5.96 Å². The Labute approximate surface area is 138 Å². The van der Waals surface area contributed by atoms with Crippen molar-refractivity contribution in [1.29, 1.82) is 0 Å². The number of nitrogens with two attached hydrogens (primary N) is 3. The van der Waals surface area contributed by atoms with E-state index in [2.05, 4.69) is 9.98 Å². The van der Waals surface area contributed by atoms with Gasteiger partial charge in [-0.15, -0.1) is 0 Å². The van der Waals surface area contributed by atoms with E-state index in [-0.39, 0.29) is 17.5 Å². The number of carboxylic acid groups (broad SMARTS) is 1. The van der Waals surface area contributed by atoms with Crippen molar-refractivity contribution in [2.75, 3.05) is 7.11 Å². The Balaban J connectivity index is 2.65. The lowest BCUT2D eigenvalue weighted by Gasteiger charge is -2.11. The lowest BCUT2D eigenvalue weighted by Crippen LogP contribution is -2.26. The highest BCUT2D eigenvalue weighted by molar-refractivity contribution is 6.01. The molecular formula is C16H17N5O3. The minimum Gasteiger partial charge on any atom is -0.497 e. The second kappa shape index (κ2) is 7.14. The molecule has 0 spiro atoms. The summed E-state index contributed by atoms with van der Waals surface area (Å²) in [5.74, 6) is -0.848. The third kappa shape index (κ3) is 3.80. The van der Waals surface area contributed by atoms with Crippen molar-refractivity contribution in [2.45, 2.75) is 0 Å². The third-order valence-electron chi connectivity index (χ3n) is 3.13. The van der Waals surface area contributed by atoms with Crippen LogP contribution in [0.4, 0.5) is 5.69 Å². The van der Waals surface area contributed by atoms with Gasteiger partial charge in [0, 0.05) is 5.56 Å². The molecule has 2 aromatic rings. The molecule has 2 aromatic carbocycles. The van der Waals surface area contributed by atoms with Gasteiger partial charge in [-0.05, 0) is 29.8 Å². The number of ether oxygens (including phenoxy) is 1. The fourth-order valence-electron chi connectivity index (χ4n) is 2.15. The van der Waals surface area contributed by atoms with E-state index in [1.165, 1.54) is 6.07 Å². The van der Waals surface area contributed by atoms with Crippen LogP contribution in [0.3, 0.4) is 0 Å². The zero-order valence-electron chi connectivity index (χ0n) is 12.9. The van der Waals surface area contributed by atoms with Crippen LogP contribution in [0.2, 0.25) is 0 Å². The van der Waals surface area contributed by atoms with Gasteiger partial charge in [-0.1, -0.05) is 18.2 Å². The maximum Gasteiger partial charge on any atom is 0.336 e. The van der Waals surface area contributed by atoms with E-state index < -0.39 is 5.97 Å². The molecule has 8 nitrogen and oxygen atoms in total. The van der Waals surface area contributed by atoms with E-state index in [0.29, 0.717) is 22.6 Å². The summed E-state index contributed by atoms with van der Waals surface area (Å²) in [6.07, 6.45) is 0. The number of hydrogen-bond donors (Lipinski definition) is 4. The van der Waals surface area contributed by atoms with E-state index in [0.717, 1.165) is 0 Å². The van der Waals surface area contributed by atoms with Crippen LogP contribution in [0.1, 0.15) is 10.4 Å². The second-order valence-corrected chi connectivity index (χ2v) is 4.74. The number of hydrogen-bond acceptors (Lipinski definition) is 3. The number of guanidine groups is 2. The number of nitrogens with zero attached hydrogens (tertiary/aromatic N) is 2. The standard InChI is InChI=1S/C16H17N5O3/c1-24-10-7-5-9(6-8-10)13-11(14(22)23)3-2-4-12(13)20-16(19)21-15(17)18/h2-8H,1H3,(H,22,23)(H6,17,18,19,20,21). The highest BCUT2D eigenvalue weighted by atomic mass is 16.5. The van der Waals surface area contributed by atoms with Crippen molar-refractivity contribution in [3.05, 3.63) is 48.0 Å². The van der Waals surface area contributed by atoms with Gasteiger partial charge in [0.25, 0.3) is 0 Å². The number of aromatic carboxylic acids is 1. The first-order valence-corrected chi connectivity index (χ1v) is 6.87. The molecule has 0 radical (unpaired) electrons. The van der Waals surface area contributed by atoms with E-state index in [4.69, 9.17) is 21.9 Å². The molecule has 24 heavy (non-hydrogen) atoms. The lowest BCUT2D eigenvalue weighted by molar-refractivity contribution is 0.0697. The minimum atomic E-state index is -1.08. The fraction of sp³-hybridized carbons (Fsp3) is 0.0625. The molecule has 2 rings (SSSR count). The molecule has 0 bridgehead atoms. The Bertz CT molecular complexity index is 809. The van der Waals surface area contributed by atoms with E-state index >= 15 is 0 Å². The van der Waals surface area contributed by atoms with Crippen molar-refractivity contribution in [1.82, 2.24) is 0 Å². The van der Waals surface area contributed by atoms with E-state index in [1.807, 2.05) is 0 Å². The summed E-state index contributed by atoms with van der Waals surface area (Å²) in [7, 11) is 1.55. The first kappa shape index (κ1) is 16.8. The Morgan fingerprint density at radius 2 is 1.75 bits per heavy atom. The van der Waals surface area contributed by atoms with Crippen LogP contribution in [0.5, 0.6) is 5.75 Å². The maximum atomic E-state index is 11.6. The van der Waals surface area contributed by atoms with Crippen LogP contribution < -0.4 is 21.9 Å². The molecule has 124 valence electrons. The van der Waals surface area contributed by atoms with Gasteiger partial charge in [0.2, 0.25) is 5.96 Å². The largest absolute Gasteiger partial charge is 0.497 e. The summed E-state index contributed by atoms with van der Waals surface area (Å²) in [6.45, 7) is 0. The average molecular weight is 327 g/mol. The molecule has 8 heteroatoms. The SMILES string of the molecule is COc1ccc(-c2c(N=C(N)N=C(N)N)cccc2C(=O)O)cc1. The molecule has 0 unspecified atom stereocenters. The minimum absolute atomic E-state index is 0.0823. The highest BCUT2D eigenvalue weighted by Crippen LogP contribution is 2.34. The van der Waals surface area contributed by atoms with Gasteiger partial charge in [-0.3, -0.25) is 0 Å². The molecule has 0 aliphatic heterocycles. The zero-order chi connectivity index (χ0) is 17.7. The van der Waals surface area contributed by atoms with E-state index in [9.17, 15) is 9.90 Å². The van der Waals surface area contributed by atoms with Crippen molar-refractivity contribution in [2.24, 2.45) is 27.2 Å². The highest BCUT2D eigenvalue weighted by Gasteiger charge is 2.16. The lowest BCUT2D eigenvalue weighted by atomic mass is 9.97. The Morgan fingerprint density at radius 3 is 2.29 bits per heavy atom. The monoisotopic (exact) mass is 327 g/mol. The summed E-state index contributed by atoms with van der Waals surface area (Å²) in [5.41, 5.74) is 17.7. The summed E-state index contributed by atoms with van der Waals surface area (Å²) < 4.78 is 5.11. The maximum absolute atomic E-state index is 11.6. The van der Waals surface area contributed by atoms with Gasteiger partial charge in [-0.25, -0.2) is 9.79 Å². The first-order valence-electron chi connectivity index (χ1n) is 6.87. The smallest absolute Gasteiger partial charge is 0.336 e. The summed E-state index contributed by atoms with van der Waals surface area (Å²) in [6, 6.07) is 11.6. The number of aliphatic imine (C=N–C) groups is 2. The van der Waals surface area contributed by atoms with Gasteiger partial charge in [-0.2, -0.15) is 4.99 Å². The molecule has 0 aliphatic rings. The number of methoxy groups -OCH3 is 1. The molecule has 0 saturated heterocycles.